The first kappa shape index (κ1) is 20.2. The molecule has 0 bridgehead atoms. The summed E-state index contributed by atoms with van der Waals surface area (Å²) in [7, 11) is 0. The highest BCUT2D eigenvalue weighted by Crippen LogP contribution is 2.35. The van der Waals surface area contributed by atoms with Crippen LogP contribution in [0.15, 0.2) is 30.5 Å². The van der Waals surface area contributed by atoms with Gasteiger partial charge in [0.25, 0.3) is 5.91 Å². The van der Waals surface area contributed by atoms with E-state index in [9.17, 15) is 40.7 Å². The monoisotopic (exact) mass is 421 g/mol. The van der Waals surface area contributed by atoms with Crippen molar-refractivity contribution in [3.8, 4) is 5.69 Å². The minimum absolute atomic E-state index is 0.138. The summed E-state index contributed by atoms with van der Waals surface area (Å²) in [5.74, 6) is -2.22. The molecule has 0 atom stereocenters. The molecule has 8 nitrogen and oxygen atoms in total. The maximum Gasteiger partial charge on any atom is 0.434 e. The molecule has 3 rings (SSSR count). The highest BCUT2D eigenvalue weighted by atomic mass is 19.4. The molecule has 1 aliphatic rings. The zero-order chi connectivity index (χ0) is 21.6. The summed E-state index contributed by atoms with van der Waals surface area (Å²) >= 11 is 0. The summed E-state index contributed by atoms with van der Waals surface area (Å²) in [5, 5.41) is 5.64. The van der Waals surface area contributed by atoms with Gasteiger partial charge in [-0.25, -0.2) is 14.5 Å². The molecule has 0 radical (unpaired) electrons. The second kappa shape index (κ2) is 6.79. The maximum absolute atomic E-state index is 13.6. The molecule has 2 N–H and O–H groups in total. The van der Waals surface area contributed by atoms with Crippen molar-refractivity contribution in [3.63, 3.8) is 0 Å². The number of imide groups is 1. The molecule has 0 saturated carbocycles. The first-order chi connectivity index (χ1) is 13.4. The third kappa shape index (κ3) is 4.00. The van der Waals surface area contributed by atoms with Gasteiger partial charge in [0.1, 0.15) is 6.54 Å². The first-order valence-corrected chi connectivity index (χ1v) is 7.63. The molecule has 2 heterocycles. The van der Waals surface area contributed by atoms with E-state index in [1.807, 2.05) is 5.43 Å². The highest BCUT2D eigenvalue weighted by Gasteiger charge is 2.42. The van der Waals surface area contributed by atoms with Gasteiger partial charge in [-0.05, 0) is 18.2 Å². The van der Waals surface area contributed by atoms with E-state index in [2.05, 4.69) is 5.10 Å². The Kier molecular flexibility index (Phi) is 4.72. The predicted molar refractivity (Wildman–Crippen MR) is 81.3 cm³/mol. The SMILES string of the molecule is O=C1CN(NC(=O)c2cnn(-c3cccc(C(F)(F)F)c3)c2C(F)(F)F)C(=O)N1. The standard InChI is InChI=1S/C15H9F6N5O3/c16-14(17,18)7-2-1-3-8(4-7)26-11(15(19,20)21)9(5-22-26)12(28)24-25-6-10(27)23-13(25)29/h1-5H,6H2,(H,24,28)(H,23,27,29). The highest BCUT2D eigenvalue weighted by molar-refractivity contribution is 6.04. The molecule has 1 aromatic heterocycles. The van der Waals surface area contributed by atoms with Crippen LogP contribution in [0.3, 0.4) is 0 Å². The van der Waals surface area contributed by atoms with Crippen molar-refractivity contribution < 1.29 is 40.7 Å². The van der Waals surface area contributed by atoms with Crippen molar-refractivity contribution in [3.05, 3.63) is 47.3 Å². The quantitative estimate of drug-likeness (QED) is 0.586. The van der Waals surface area contributed by atoms with Gasteiger partial charge < -0.3 is 0 Å². The number of benzene rings is 1. The number of halogens is 6. The van der Waals surface area contributed by atoms with Crippen LogP contribution in [0, 0.1) is 0 Å². The number of urea groups is 1. The summed E-state index contributed by atoms with van der Waals surface area (Å²) < 4.78 is 79.4. The summed E-state index contributed by atoms with van der Waals surface area (Å²) in [6.07, 6.45) is -9.49. The molecule has 1 aromatic carbocycles. The summed E-state index contributed by atoms with van der Waals surface area (Å²) in [6, 6.07) is 1.89. The van der Waals surface area contributed by atoms with E-state index in [0.717, 1.165) is 12.1 Å². The lowest BCUT2D eigenvalue weighted by atomic mass is 10.1. The van der Waals surface area contributed by atoms with Crippen LogP contribution in [0.5, 0.6) is 0 Å². The third-order valence-electron chi connectivity index (χ3n) is 3.73. The molecule has 4 amide bonds. The molecular formula is C15H9F6N5O3. The van der Waals surface area contributed by atoms with Crippen molar-refractivity contribution >= 4 is 17.8 Å². The minimum atomic E-state index is -5.18. The van der Waals surface area contributed by atoms with Crippen LogP contribution >= 0.6 is 0 Å². The van der Waals surface area contributed by atoms with Gasteiger partial charge in [0.05, 0.1) is 23.0 Å². The maximum atomic E-state index is 13.6. The summed E-state index contributed by atoms with van der Waals surface area (Å²) in [5.41, 5.74) is -2.68. The second-order valence-corrected chi connectivity index (χ2v) is 5.74. The van der Waals surface area contributed by atoms with Crippen LogP contribution in [0.25, 0.3) is 5.69 Å². The lowest BCUT2D eigenvalue weighted by molar-refractivity contribution is -0.143. The van der Waals surface area contributed by atoms with Crippen LogP contribution in [0.1, 0.15) is 21.6 Å². The fourth-order valence-corrected chi connectivity index (χ4v) is 2.51. The number of hydrogen-bond acceptors (Lipinski definition) is 4. The van der Waals surface area contributed by atoms with E-state index >= 15 is 0 Å². The van der Waals surface area contributed by atoms with E-state index in [4.69, 9.17) is 0 Å². The van der Waals surface area contributed by atoms with Crippen molar-refractivity contribution in [1.29, 1.82) is 0 Å². The molecule has 0 spiro atoms. The Morgan fingerprint density at radius 1 is 1.10 bits per heavy atom. The van der Waals surface area contributed by atoms with Crippen molar-refractivity contribution in [2.24, 2.45) is 0 Å². The number of rotatable bonds is 3. The van der Waals surface area contributed by atoms with E-state index in [1.165, 1.54) is 0 Å². The summed E-state index contributed by atoms with van der Waals surface area (Å²) in [4.78, 5) is 34.7. The minimum Gasteiger partial charge on any atom is -0.275 e. The predicted octanol–water partition coefficient (Wildman–Crippen LogP) is 2.11. The largest absolute Gasteiger partial charge is 0.434 e. The fourth-order valence-electron chi connectivity index (χ4n) is 2.51. The Bertz CT molecular complexity index is 997. The normalized spacial score (nSPS) is 14.9. The van der Waals surface area contributed by atoms with Crippen LogP contribution in [0.4, 0.5) is 31.1 Å². The van der Waals surface area contributed by atoms with Crippen molar-refractivity contribution in [1.82, 2.24) is 25.5 Å². The third-order valence-corrected chi connectivity index (χ3v) is 3.73. The Morgan fingerprint density at radius 2 is 1.79 bits per heavy atom. The van der Waals surface area contributed by atoms with Gasteiger partial charge in [-0.15, -0.1) is 0 Å². The first-order valence-electron chi connectivity index (χ1n) is 7.63. The smallest absolute Gasteiger partial charge is 0.275 e. The number of hydrazine groups is 1. The molecule has 2 aromatic rings. The van der Waals surface area contributed by atoms with E-state index in [0.29, 0.717) is 23.3 Å². The van der Waals surface area contributed by atoms with Gasteiger partial charge in [0.2, 0.25) is 5.91 Å². The topological polar surface area (TPSA) is 96.3 Å². The Labute approximate surface area is 157 Å². The lowest BCUT2D eigenvalue weighted by Crippen LogP contribution is -2.44. The number of aromatic nitrogens is 2. The van der Waals surface area contributed by atoms with Gasteiger partial charge >= 0.3 is 18.4 Å². The Morgan fingerprint density at radius 3 is 2.34 bits per heavy atom. The van der Waals surface area contributed by atoms with E-state index in [-0.39, 0.29) is 4.68 Å². The van der Waals surface area contributed by atoms with Gasteiger partial charge in [-0.3, -0.25) is 20.3 Å². The molecule has 1 fully saturated rings. The van der Waals surface area contributed by atoms with Crippen LogP contribution in [0.2, 0.25) is 0 Å². The zero-order valence-corrected chi connectivity index (χ0v) is 13.9. The molecule has 0 unspecified atom stereocenters. The molecular weight excluding hydrogens is 412 g/mol. The van der Waals surface area contributed by atoms with Crippen LogP contribution < -0.4 is 10.7 Å². The number of alkyl halides is 6. The van der Waals surface area contributed by atoms with Crippen molar-refractivity contribution in [2.75, 3.05) is 6.54 Å². The fraction of sp³-hybridized carbons (Fsp3) is 0.200. The molecule has 1 aliphatic heterocycles. The lowest BCUT2D eigenvalue weighted by Gasteiger charge is -2.16. The number of amides is 4. The number of carbonyl (C=O) groups is 3. The molecule has 1 saturated heterocycles. The number of hydrogen-bond donors (Lipinski definition) is 2. The second-order valence-electron chi connectivity index (χ2n) is 5.74. The number of nitrogens with zero attached hydrogens (tertiary/aromatic N) is 3. The summed E-state index contributed by atoms with van der Waals surface area (Å²) in [6.45, 7) is -0.617. The molecule has 29 heavy (non-hydrogen) atoms. The van der Waals surface area contributed by atoms with Gasteiger partial charge in [0, 0.05) is 0 Å². The van der Waals surface area contributed by atoms with Crippen LogP contribution in [-0.4, -0.2) is 39.2 Å². The Hall–Kier alpha value is -3.58. The van der Waals surface area contributed by atoms with Gasteiger partial charge in [-0.2, -0.15) is 31.4 Å². The zero-order valence-electron chi connectivity index (χ0n) is 13.9. The van der Waals surface area contributed by atoms with E-state index in [1.54, 1.807) is 5.32 Å². The van der Waals surface area contributed by atoms with E-state index < -0.39 is 59.3 Å². The van der Waals surface area contributed by atoms with Gasteiger partial charge in [0.15, 0.2) is 5.69 Å². The van der Waals surface area contributed by atoms with Crippen molar-refractivity contribution in [2.45, 2.75) is 12.4 Å². The number of carbonyl (C=O) groups excluding carboxylic acids is 3. The Balaban J connectivity index is 2.01. The number of nitrogens with one attached hydrogen (secondary N) is 2. The average Bonchev–Trinajstić information content (AvgIpc) is 3.17. The molecule has 14 heteroatoms. The van der Waals surface area contributed by atoms with Crippen LogP contribution in [-0.2, 0) is 17.1 Å². The van der Waals surface area contributed by atoms with Gasteiger partial charge in [-0.1, -0.05) is 6.07 Å². The average molecular weight is 421 g/mol. The molecule has 154 valence electrons. The molecule has 0 aliphatic carbocycles.